The number of imide groups is 3. The molecule has 4 amide bonds. The molecule has 0 saturated carbocycles. The van der Waals surface area contributed by atoms with Gasteiger partial charge in [-0.05, 0) is 23.9 Å². The van der Waals surface area contributed by atoms with Crippen molar-refractivity contribution in [3.63, 3.8) is 0 Å². The Labute approximate surface area is 108 Å². The Morgan fingerprint density at radius 2 is 2.00 bits per heavy atom. The summed E-state index contributed by atoms with van der Waals surface area (Å²) < 4.78 is 0. The van der Waals surface area contributed by atoms with Gasteiger partial charge in [0, 0.05) is 5.69 Å². The molecule has 1 unspecified atom stereocenters. The summed E-state index contributed by atoms with van der Waals surface area (Å²) in [6.45, 7) is 3.45. The monoisotopic (exact) mass is 262 g/mol. The maximum Gasteiger partial charge on any atom is 0.336 e. The van der Waals surface area contributed by atoms with Gasteiger partial charge in [0.2, 0.25) is 0 Å². The number of thioether (sulfide) groups is 1. The van der Waals surface area contributed by atoms with Crippen molar-refractivity contribution in [1.29, 1.82) is 0 Å². The van der Waals surface area contributed by atoms with Crippen LogP contribution in [-0.4, -0.2) is 27.3 Å². The molecule has 1 N–H and O–H groups in total. The zero-order valence-corrected chi connectivity index (χ0v) is 10.1. The summed E-state index contributed by atoms with van der Waals surface area (Å²) in [5.74, 6) is -0.562. The molecule has 1 aromatic carbocycles. The highest BCUT2D eigenvalue weighted by Gasteiger charge is 2.42. The van der Waals surface area contributed by atoms with E-state index in [2.05, 4.69) is 11.9 Å². The van der Waals surface area contributed by atoms with Crippen LogP contribution in [0.15, 0.2) is 43.0 Å². The highest BCUT2D eigenvalue weighted by atomic mass is 32.2. The van der Waals surface area contributed by atoms with Crippen LogP contribution in [0, 0.1) is 0 Å². The fraction of sp³-hybridized carbons (Fsp3) is 0.0833. The Morgan fingerprint density at radius 1 is 1.33 bits per heavy atom. The minimum Gasteiger partial charge on any atom is -0.307 e. The summed E-state index contributed by atoms with van der Waals surface area (Å²) in [7, 11) is 0. The van der Waals surface area contributed by atoms with Gasteiger partial charge in [0.15, 0.2) is 0 Å². The highest BCUT2D eigenvalue weighted by molar-refractivity contribution is 8.15. The van der Waals surface area contributed by atoms with Crippen LogP contribution in [0.4, 0.5) is 15.3 Å². The smallest absolute Gasteiger partial charge is 0.307 e. The van der Waals surface area contributed by atoms with Crippen LogP contribution in [0.2, 0.25) is 0 Å². The number of benzene rings is 1. The molecule has 1 aromatic rings. The lowest BCUT2D eigenvalue weighted by molar-refractivity contribution is -0.123. The van der Waals surface area contributed by atoms with Crippen LogP contribution in [0.5, 0.6) is 0 Å². The lowest BCUT2D eigenvalue weighted by atomic mass is 10.3. The second-order valence-electron chi connectivity index (χ2n) is 3.51. The number of rotatable bonds is 2. The Balaban J connectivity index is 2.12. The number of amides is 4. The van der Waals surface area contributed by atoms with Crippen LogP contribution >= 0.6 is 11.8 Å². The molecule has 1 fully saturated rings. The van der Waals surface area contributed by atoms with Crippen LogP contribution < -0.4 is 5.32 Å². The Bertz CT molecular complexity index is 515. The first kappa shape index (κ1) is 12.4. The van der Waals surface area contributed by atoms with Gasteiger partial charge in [0.1, 0.15) is 5.25 Å². The van der Waals surface area contributed by atoms with E-state index in [-0.39, 0.29) is 0 Å². The van der Waals surface area contributed by atoms with E-state index in [0.717, 1.165) is 11.8 Å². The van der Waals surface area contributed by atoms with Crippen LogP contribution in [0.1, 0.15) is 0 Å². The number of hydrogen-bond donors (Lipinski definition) is 1. The third-order valence-corrected chi connectivity index (χ3v) is 3.35. The van der Waals surface area contributed by atoms with E-state index in [4.69, 9.17) is 0 Å². The average Bonchev–Trinajstić information content (AvgIpc) is 2.65. The third-order valence-electron chi connectivity index (χ3n) is 2.32. The van der Waals surface area contributed by atoms with Gasteiger partial charge in [0.05, 0.1) is 0 Å². The number of para-hydroxylation sites is 1. The van der Waals surface area contributed by atoms with Crippen molar-refractivity contribution in [2.75, 3.05) is 5.32 Å². The standard InChI is InChI=1S/C12H10N2O3S/c1-2-9-10(15)14(12(17)18-9)11(16)13-8-6-4-3-5-7-8/h2-7,9H,1H2,(H,13,16). The second-order valence-corrected chi connectivity index (χ2v) is 4.60. The first-order valence-electron chi connectivity index (χ1n) is 5.16. The molecule has 1 aliphatic rings. The SMILES string of the molecule is C=CC1SC(=O)N(C(=O)Nc2ccccc2)C1=O. The summed E-state index contributed by atoms with van der Waals surface area (Å²) >= 11 is 0.779. The molecule has 6 heteroatoms. The van der Waals surface area contributed by atoms with E-state index < -0.39 is 22.4 Å². The first-order valence-corrected chi connectivity index (χ1v) is 6.04. The van der Waals surface area contributed by atoms with Gasteiger partial charge in [-0.2, -0.15) is 4.90 Å². The highest BCUT2D eigenvalue weighted by Crippen LogP contribution is 2.28. The molecule has 18 heavy (non-hydrogen) atoms. The molecule has 0 aromatic heterocycles. The van der Waals surface area contributed by atoms with Crippen LogP contribution in [-0.2, 0) is 4.79 Å². The third kappa shape index (κ3) is 2.28. The average molecular weight is 262 g/mol. The number of urea groups is 1. The van der Waals surface area contributed by atoms with Gasteiger partial charge in [-0.1, -0.05) is 24.3 Å². The predicted octanol–water partition coefficient (Wildman–Crippen LogP) is 2.47. The minimum absolute atomic E-state index is 0.523. The zero-order valence-electron chi connectivity index (χ0n) is 9.33. The van der Waals surface area contributed by atoms with Gasteiger partial charge in [-0.25, -0.2) is 4.79 Å². The van der Waals surface area contributed by atoms with Crippen molar-refractivity contribution in [2.24, 2.45) is 0 Å². The zero-order chi connectivity index (χ0) is 13.1. The maximum atomic E-state index is 11.8. The molecule has 92 valence electrons. The lowest BCUT2D eigenvalue weighted by Gasteiger charge is -2.12. The number of nitrogens with zero attached hydrogens (tertiary/aromatic N) is 1. The molecular weight excluding hydrogens is 252 g/mol. The number of nitrogens with one attached hydrogen (secondary N) is 1. The van der Waals surface area contributed by atoms with Crippen molar-refractivity contribution in [3.05, 3.63) is 43.0 Å². The topological polar surface area (TPSA) is 66.5 Å². The maximum absolute atomic E-state index is 11.8. The van der Waals surface area contributed by atoms with Gasteiger partial charge < -0.3 is 5.32 Å². The number of carbonyl (C=O) groups excluding carboxylic acids is 3. The summed E-state index contributed by atoms with van der Waals surface area (Å²) in [5, 5.41) is 1.22. The van der Waals surface area contributed by atoms with Crippen molar-refractivity contribution < 1.29 is 14.4 Å². The van der Waals surface area contributed by atoms with Gasteiger partial charge in [-0.3, -0.25) is 9.59 Å². The molecule has 0 aliphatic carbocycles. The molecule has 1 aliphatic heterocycles. The summed E-state index contributed by atoms with van der Waals surface area (Å²) in [6.07, 6.45) is 1.35. The Kier molecular flexibility index (Phi) is 3.47. The van der Waals surface area contributed by atoms with E-state index in [0.29, 0.717) is 10.6 Å². The van der Waals surface area contributed by atoms with Gasteiger partial charge in [-0.15, -0.1) is 6.58 Å². The number of carbonyl (C=O) groups is 3. The summed E-state index contributed by atoms with van der Waals surface area (Å²) in [4.78, 5) is 35.7. The van der Waals surface area contributed by atoms with E-state index in [1.807, 2.05) is 0 Å². The number of anilines is 1. The van der Waals surface area contributed by atoms with Crippen molar-refractivity contribution in [1.82, 2.24) is 4.90 Å². The fourth-order valence-corrected chi connectivity index (χ4v) is 2.26. The molecule has 2 rings (SSSR count). The molecule has 0 spiro atoms. The molecular formula is C12H10N2O3S. The quantitative estimate of drug-likeness (QED) is 0.831. The van der Waals surface area contributed by atoms with E-state index in [1.165, 1.54) is 6.08 Å². The summed E-state index contributed by atoms with van der Waals surface area (Å²) in [6, 6.07) is 7.87. The van der Waals surface area contributed by atoms with Crippen LogP contribution in [0.25, 0.3) is 0 Å². The second kappa shape index (κ2) is 5.05. The normalized spacial score (nSPS) is 18.9. The fourth-order valence-electron chi connectivity index (χ4n) is 1.46. The molecule has 1 heterocycles. The molecule has 1 atom stereocenters. The predicted molar refractivity (Wildman–Crippen MR) is 69.3 cm³/mol. The van der Waals surface area contributed by atoms with E-state index >= 15 is 0 Å². The Hall–Kier alpha value is -2.08. The van der Waals surface area contributed by atoms with Crippen molar-refractivity contribution >= 4 is 34.6 Å². The summed E-state index contributed by atoms with van der Waals surface area (Å²) in [5.41, 5.74) is 0.523. The van der Waals surface area contributed by atoms with Crippen LogP contribution in [0.3, 0.4) is 0 Å². The molecule has 0 radical (unpaired) electrons. The van der Waals surface area contributed by atoms with Gasteiger partial charge in [0.25, 0.3) is 11.1 Å². The molecule has 0 bridgehead atoms. The first-order chi connectivity index (χ1) is 8.63. The van der Waals surface area contributed by atoms with Crippen molar-refractivity contribution in [3.8, 4) is 0 Å². The lowest BCUT2D eigenvalue weighted by Crippen LogP contribution is -2.39. The van der Waals surface area contributed by atoms with Crippen molar-refractivity contribution in [2.45, 2.75) is 5.25 Å². The molecule has 5 nitrogen and oxygen atoms in total. The van der Waals surface area contributed by atoms with Gasteiger partial charge >= 0.3 is 6.03 Å². The molecule has 1 saturated heterocycles. The van der Waals surface area contributed by atoms with E-state index in [1.54, 1.807) is 30.3 Å². The number of hydrogen-bond acceptors (Lipinski definition) is 4. The van der Waals surface area contributed by atoms with E-state index in [9.17, 15) is 14.4 Å². The largest absolute Gasteiger partial charge is 0.336 e. The minimum atomic E-state index is -0.743. The Morgan fingerprint density at radius 3 is 2.56 bits per heavy atom.